The molecule has 0 aromatic carbocycles. The molecule has 2 rings (SSSR count). The van der Waals surface area contributed by atoms with Crippen molar-refractivity contribution in [2.45, 2.75) is 31.6 Å². The quantitative estimate of drug-likeness (QED) is 0.746. The Hall–Kier alpha value is -1.48. The van der Waals surface area contributed by atoms with Gasteiger partial charge in [0.25, 0.3) is 0 Å². The first kappa shape index (κ1) is 16.9. The van der Waals surface area contributed by atoms with Crippen molar-refractivity contribution in [1.29, 1.82) is 0 Å². The number of carbonyl (C=O) groups excluding carboxylic acids is 1. The number of sulfonamides is 1. The van der Waals surface area contributed by atoms with E-state index < -0.39 is 21.2 Å². The van der Waals surface area contributed by atoms with Crippen LogP contribution in [0.25, 0.3) is 0 Å². The van der Waals surface area contributed by atoms with Gasteiger partial charge in [-0.1, -0.05) is 0 Å². The van der Waals surface area contributed by atoms with E-state index in [1.165, 1.54) is 22.5 Å². The normalized spacial score (nSPS) is 21.5. The van der Waals surface area contributed by atoms with Crippen molar-refractivity contribution < 1.29 is 13.2 Å². The molecule has 1 aromatic heterocycles. The average Bonchev–Trinajstić information content (AvgIpc) is 2.98. The van der Waals surface area contributed by atoms with Gasteiger partial charge in [0.1, 0.15) is 12.7 Å². The van der Waals surface area contributed by atoms with E-state index in [9.17, 15) is 13.2 Å². The molecule has 0 unspecified atom stereocenters. The van der Waals surface area contributed by atoms with Gasteiger partial charge in [0, 0.05) is 33.7 Å². The van der Waals surface area contributed by atoms with E-state index in [0.717, 1.165) is 12.8 Å². The highest BCUT2D eigenvalue weighted by atomic mass is 32.2. The van der Waals surface area contributed by atoms with Crippen LogP contribution in [0.15, 0.2) is 12.7 Å². The van der Waals surface area contributed by atoms with Crippen LogP contribution >= 0.6 is 0 Å². The highest BCUT2D eigenvalue weighted by molar-refractivity contribution is 7.90. The first-order valence-electron chi connectivity index (χ1n) is 7.35. The predicted octanol–water partition coefficient (Wildman–Crippen LogP) is -0.203. The van der Waals surface area contributed by atoms with E-state index in [1.807, 2.05) is 0 Å². The molecule has 1 aliphatic rings. The Bertz CT molecular complexity index is 599. The summed E-state index contributed by atoms with van der Waals surface area (Å²) in [4.78, 5) is 17.2. The lowest BCUT2D eigenvalue weighted by Gasteiger charge is -2.33. The van der Waals surface area contributed by atoms with Gasteiger partial charge < -0.3 is 4.90 Å². The molecular weight excluding hydrogens is 306 g/mol. The van der Waals surface area contributed by atoms with Crippen molar-refractivity contribution >= 4 is 15.9 Å². The fourth-order valence-corrected chi connectivity index (χ4v) is 4.43. The first-order chi connectivity index (χ1) is 10.3. The molecular formula is C13H23N5O3S. The maximum absolute atomic E-state index is 12.6. The number of aromatic nitrogens is 3. The third-order valence-corrected chi connectivity index (χ3v) is 6.14. The van der Waals surface area contributed by atoms with Crippen LogP contribution in [0.1, 0.15) is 19.8 Å². The maximum atomic E-state index is 12.6. The molecule has 1 saturated heterocycles. The second-order valence-corrected chi connectivity index (χ2v) is 8.16. The average molecular weight is 329 g/mol. The number of carbonyl (C=O) groups is 1. The summed E-state index contributed by atoms with van der Waals surface area (Å²) < 4.78 is 28.4. The summed E-state index contributed by atoms with van der Waals surface area (Å²) >= 11 is 0. The molecule has 0 spiro atoms. The van der Waals surface area contributed by atoms with Crippen LogP contribution in [0.2, 0.25) is 0 Å². The minimum absolute atomic E-state index is 0.187. The van der Waals surface area contributed by atoms with Crippen molar-refractivity contribution in [3.8, 4) is 0 Å². The van der Waals surface area contributed by atoms with E-state index in [0.29, 0.717) is 19.6 Å². The smallest absolute Gasteiger partial charge is 0.241 e. The van der Waals surface area contributed by atoms with E-state index in [-0.39, 0.29) is 5.92 Å². The van der Waals surface area contributed by atoms with Gasteiger partial charge in [0.2, 0.25) is 15.9 Å². The van der Waals surface area contributed by atoms with Gasteiger partial charge in [0.15, 0.2) is 5.25 Å². The predicted molar refractivity (Wildman–Crippen MR) is 81.4 cm³/mol. The molecule has 0 saturated carbocycles. The summed E-state index contributed by atoms with van der Waals surface area (Å²) in [7, 11) is -0.486. The monoisotopic (exact) mass is 329 g/mol. The lowest BCUT2D eigenvalue weighted by molar-refractivity contribution is -0.128. The fourth-order valence-electron chi connectivity index (χ4n) is 2.71. The molecule has 0 radical (unpaired) electrons. The molecule has 8 nitrogen and oxygen atoms in total. The zero-order valence-electron chi connectivity index (χ0n) is 13.2. The molecule has 0 N–H and O–H groups in total. The number of hydrogen-bond donors (Lipinski definition) is 0. The summed E-state index contributed by atoms with van der Waals surface area (Å²) in [5.41, 5.74) is 0. The minimum atomic E-state index is -3.62. The largest absolute Gasteiger partial charge is 0.348 e. The zero-order chi connectivity index (χ0) is 16.3. The van der Waals surface area contributed by atoms with Crippen LogP contribution in [-0.4, -0.2) is 70.7 Å². The first-order valence-corrected chi connectivity index (χ1v) is 8.85. The summed E-state index contributed by atoms with van der Waals surface area (Å²) in [5.74, 6) is -0.203. The second-order valence-electron chi connectivity index (χ2n) is 5.90. The highest BCUT2D eigenvalue weighted by Crippen LogP contribution is 2.23. The van der Waals surface area contributed by atoms with E-state index in [1.54, 1.807) is 25.1 Å². The number of nitrogens with zero attached hydrogens (tertiary/aromatic N) is 5. The Morgan fingerprint density at radius 1 is 1.45 bits per heavy atom. The van der Waals surface area contributed by atoms with Crippen LogP contribution in [0.3, 0.4) is 0 Å². The van der Waals surface area contributed by atoms with Crippen LogP contribution in [-0.2, 0) is 21.4 Å². The van der Waals surface area contributed by atoms with Crippen molar-refractivity contribution in [3.05, 3.63) is 12.7 Å². The molecule has 0 aliphatic carbocycles. The second kappa shape index (κ2) is 6.74. The molecule has 9 heteroatoms. The Labute approximate surface area is 131 Å². The topological polar surface area (TPSA) is 88.4 Å². The summed E-state index contributed by atoms with van der Waals surface area (Å²) in [6.07, 6.45) is 4.84. The molecule has 1 aromatic rings. The van der Waals surface area contributed by atoms with Gasteiger partial charge >= 0.3 is 0 Å². The highest BCUT2D eigenvalue weighted by Gasteiger charge is 2.37. The number of hydrogen-bond acceptors (Lipinski definition) is 5. The minimum Gasteiger partial charge on any atom is -0.348 e. The molecule has 0 bridgehead atoms. The summed E-state index contributed by atoms with van der Waals surface area (Å²) in [6.45, 7) is 3.00. The summed E-state index contributed by atoms with van der Waals surface area (Å²) in [5, 5.41) is 3.01. The Morgan fingerprint density at radius 2 is 2.18 bits per heavy atom. The van der Waals surface area contributed by atoms with Crippen LogP contribution in [0.4, 0.5) is 0 Å². The number of rotatable bonds is 5. The van der Waals surface area contributed by atoms with Crippen molar-refractivity contribution in [2.75, 3.05) is 27.2 Å². The molecule has 2 atom stereocenters. The maximum Gasteiger partial charge on any atom is 0.241 e. The van der Waals surface area contributed by atoms with E-state index >= 15 is 0 Å². The van der Waals surface area contributed by atoms with E-state index in [2.05, 4.69) is 10.1 Å². The lowest BCUT2D eigenvalue weighted by Crippen LogP contribution is -2.49. The Morgan fingerprint density at radius 3 is 2.77 bits per heavy atom. The van der Waals surface area contributed by atoms with Gasteiger partial charge in [0.05, 0.1) is 0 Å². The van der Waals surface area contributed by atoms with Gasteiger partial charge in [-0.2, -0.15) is 5.10 Å². The molecule has 1 aliphatic heterocycles. The molecule has 1 fully saturated rings. The third kappa shape index (κ3) is 3.64. The molecule has 124 valence electrons. The number of piperidine rings is 1. The molecule has 1 amide bonds. The Balaban J connectivity index is 2.06. The third-order valence-electron chi connectivity index (χ3n) is 3.99. The number of amides is 1. The molecule has 2 heterocycles. The zero-order valence-corrected chi connectivity index (χ0v) is 14.0. The fraction of sp³-hybridized carbons (Fsp3) is 0.769. The standard InChI is InChI=1S/C13H23N5O3S/c1-11(13(19)16(2)3)22(20,21)18-6-4-5-12(8-18)7-17-10-14-9-15-17/h9-12H,4-8H2,1-3H3/t11-,12+/m0/s1. The van der Waals surface area contributed by atoms with Crippen molar-refractivity contribution in [3.63, 3.8) is 0 Å². The van der Waals surface area contributed by atoms with Crippen LogP contribution in [0, 0.1) is 5.92 Å². The Kier molecular flexibility index (Phi) is 5.17. The molecule has 22 heavy (non-hydrogen) atoms. The van der Waals surface area contributed by atoms with Crippen molar-refractivity contribution in [2.24, 2.45) is 5.92 Å². The van der Waals surface area contributed by atoms with E-state index in [4.69, 9.17) is 0 Å². The van der Waals surface area contributed by atoms with Crippen LogP contribution < -0.4 is 0 Å². The van der Waals surface area contributed by atoms with Gasteiger partial charge in [-0.05, 0) is 25.7 Å². The van der Waals surface area contributed by atoms with Crippen molar-refractivity contribution in [1.82, 2.24) is 24.0 Å². The SMILES string of the molecule is C[C@@H](C(=O)N(C)C)S(=O)(=O)N1CCC[C@H](Cn2cncn2)C1. The van der Waals surface area contributed by atoms with Gasteiger partial charge in [-0.15, -0.1) is 0 Å². The van der Waals surface area contributed by atoms with Gasteiger partial charge in [-0.25, -0.2) is 17.7 Å². The van der Waals surface area contributed by atoms with Crippen LogP contribution in [0.5, 0.6) is 0 Å². The van der Waals surface area contributed by atoms with Gasteiger partial charge in [-0.3, -0.25) is 9.48 Å². The summed E-state index contributed by atoms with van der Waals surface area (Å²) in [6, 6.07) is 0. The lowest BCUT2D eigenvalue weighted by atomic mass is 10.00.